The summed E-state index contributed by atoms with van der Waals surface area (Å²) >= 11 is 0. The number of hydrogen-bond acceptors (Lipinski definition) is 6. The predicted octanol–water partition coefficient (Wildman–Crippen LogP) is 2.63. The molecule has 7 nitrogen and oxygen atoms in total. The van der Waals surface area contributed by atoms with Crippen molar-refractivity contribution < 1.29 is 13.8 Å². The van der Waals surface area contributed by atoms with Gasteiger partial charge in [0.2, 0.25) is 12.3 Å². The lowest BCUT2D eigenvalue weighted by Gasteiger charge is -2.16. The Morgan fingerprint density at radius 3 is 2.58 bits per heavy atom. The first-order valence-electron chi connectivity index (χ1n) is 8.64. The average molecular weight is 352 g/mol. The summed E-state index contributed by atoms with van der Waals surface area (Å²) in [5.41, 5.74) is 2.81. The summed E-state index contributed by atoms with van der Waals surface area (Å²) in [7, 11) is 0. The van der Waals surface area contributed by atoms with Crippen LogP contribution in [0.2, 0.25) is 0 Å². The van der Waals surface area contributed by atoms with Crippen molar-refractivity contribution in [3.05, 3.63) is 65.1 Å². The molecule has 2 aromatic heterocycles. The highest BCUT2D eigenvalue weighted by Crippen LogP contribution is 2.38. The molecule has 0 radical (unpaired) electrons. The molecular formula is C19H20N4O3. The second kappa shape index (κ2) is 6.74. The minimum atomic E-state index is 0.0183. The quantitative estimate of drug-likeness (QED) is 0.717. The fourth-order valence-electron chi connectivity index (χ4n) is 3.67. The average Bonchev–Trinajstić information content (AvgIpc) is 3.38. The van der Waals surface area contributed by atoms with Gasteiger partial charge in [0.25, 0.3) is 0 Å². The van der Waals surface area contributed by atoms with Crippen molar-refractivity contribution in [2.24, 2.45) is 0 Å². The van der Waals surface area contributed by atoms with E-state index in [4.69, 9.17) is 9.05 Å². The lowest BCUT2D eigenvalue weighted by atomic mass is 9.88. The largest absolute Gasteiger partial charge is 0.361 e. The molecule has 0 saturated carbocycles. The fraction of sp³-hybridized carbons (Fsp3) is 0.368. The van der Waals surface area contributed by atoms with E-state index in [0.717, 1.165) is 11.3 Å². The van der Waals surface area contributed by atoms with Crippen LogP contribution in [0.4, 0.5) is 0 Å². The first kappa shape index (κ1) is 16.5. The predicted molar refractivity (Wildman–Crippen MR) is 92.5 cm³/mol. The number of amides is 1. The Morgan fingerprint density at radius 1 is 1.15 bits per heavy atom. The van der Waals surface area contributed by atoms with E-state index in [-0.39, 0.29) is 17.7 Å². The summed E-state index contributed by atoms with van der Waals surface area (Å²) in [6.07, 6.45) is 1.63. The van der Waals surface area contributed by atoms with E-state index in [1.807, 2.05) is 36.9 Å². The van der Waals surface area contributed by atoms with Gasteiger partial charge in [-0.3, -0.25) is 4.79 Å². The van der Waals surface area contributed by atoms with Crippen LogP contribution in [0.1, 0.15) is 40.2 Å². The second-order valence-corrected chi connectivity index (χ2v) is 6.69. The van der Waals surface area contributed by atoms with Gasteiger partial charge in [-0.2, -0.15) is 4.98 Å². The van der Waals surface area contributed by atoms with E-state index in [0.29, 0.717) is 31.1 Å². The zero-order valence-corrected chi connectivity index (χ0v) is 14.8. The molecule has 0 unspecified atom stereocenters. The van der Waals surface area contributed by atoms with Crippen molar-refractivity contribution in [1.29, 1.82) is 0 Å². The number of rotatable bonds is 4. The molecule has 0 aliphatic carbocycles. The summed E-state index contributed by atoms with van der Waals surface area (Å²) in [5, 5.41) is 7.96. The number of carbonyl (C=O) groups excluding carboxylic acids is 1. The van der Waals surface area contributed by atoms with Crippen LogP contribution in [0.3, 0.4) is 0 Å². The van der Waals surface area contributed by atoms with E-state index in [2.05, 4.69) is 27.4 Å². The van der Waals surface area contributed by atoms with Gasteiger partial charge in [0.1, 0.15) is 5.76 Å². The molecule has 1 aliphatic heterocycles. The topological polar surface area (TPSA) is 85.3 Å². The fourth-order valence-corrected chi connectivity index (χ4v) is 3.67. The Labute approximate surface area is 151 Å². The first-order chi connectivity index (χ1) is 12.6. The molecule has 26 heavy (non-hydrogen) atoms. The standard InChI is InChI=1S/C19H20N4O3/c1-12-15(13(2)26-21-12)8-18(24)23-9-16(14-6-4-3-5-7-14)17(10-23)19-20-11-25-22-19/h3-7,11,16-17H,8-10H2,1-2H3/t16-,17+/m1/s1. The molecule has 3 aromatic rings. The number of nitrogens with zero attached hydrogens (tertiary/aromatic N) is 4. The van der Waals surface area contributed by atoms with Gasteiger partial charge in [0.15, 0.2) is 5.82 Å². The highest BCUT2D eigenvalue weighted by Gasteiger charge is 2.39. The Morgan fingerprint density at radius 2 is 1.92 bits per heavy atom. The molecule has 7 heteroatoms. The smallest absolute Gasteiger partial charge is 0.227 e. The lowest BCUT2D eigenvalue weighted by molar-refractivity contribution is -0.129. The van der Waals surface area contributed by atoms with Crippen molar-refractivity contribution in [3.8, 4) is 0 Å². The maximum absolute atomic E-state index is 12.9. The third-order valence-electron chi connectivity index (χ3n) is 5.12. The zero-order valence-electron chi connectivity index (χ0n) is 14.8. The van der Waals surface area contributed by atoms with Gasteiger partial charge >= 0.3 is 0 Å². The molecular weight excluding hydrogens is 332 g/mol. The summed E-state index contributed by atoms with van der Waals surface area (Å²) in [6, 6.07) is 10.2. The van der Waals surface area contributed by atoms with Crippen LogP contribution >= 0.6 is 0 Å². The van der Waals surface area contributed by atoms with E-state index in [1.54, 1.807) is 0 Å². The Bertz CT molecular complexity index is 869. The maximum atomic E-state index is 12.9. The van der Waals surface area contributed by atoms with Crippen LogP contribution in [-0.4, -0.2) is 39.2 Å². The second-order valence-electron chi connectivity index (χ2n) is 6.69. The Kier molecular flexibility index (Phi) is 4.28. The third-order valence-corrected chi connectivity index (χ3v) is 5.12. The summed E-state index contributed by atoms with van der Waals surface area (Å²) < 4.78 is 10.1. The molecule has 1 fully saturated rings. The summed E-state index contributed by atoms with van der Waals surface area (Å²) in [4.78, 5) is 19.0. The molecule has 0 spiro atoms. The number of likely N-dealkylation sites (tertiary alicyclic amines) is 1. The molecule has 4 rings (SSSR count). The monoisotopic (exact) mass is 352 g/mol. The van der Waals surface area contributed by atoms with E-state index in [9.17, 15) is 4.79 Å². The van der Waals surface area contributed by atoms with Crippen LogP contribution in [-0.2, 0) is 11.2 Å². The van der Waals surface area contributed by atoms with Gasteiger partial charge in [-0.25, -0.2) is 0 Å². The van der Waals surface area contributed by atoms with Crippen LogP contribution in [0.5, 0.6) is 0 Å². The van der Waals surface area contributed by atoms with Crippen molar-refractivity contribution in [1.82, 2.24) is 20.2 Å². The number of carbonyl (C=O) groups is 1. The molecule has 0 N–H and O–H groups in total. The van der Waals surface area contributed by atoms with Crippen LogP contribution in [0.25, 0.3) is 0 Å². The number of aryl methyl sites for hydroxylation is 2. The minimum absolute atomic E-state index is 0.0183. The van der Waals surface area contributed by atoms with Crippen molar-refractivity contribution in [2.45, 2.75) is 32.1 Å². The molecule has 1 aliphatic rings. The first-order valence-corrected chi connectivity index (χ1v) is 8.64. The molecule has 134 valence electrons. The third kappa shape index (κ3) is 3.00. The maximum Gasteiger partial charge on any atom is 0.227 e. The molecule has 0 bridgehead atoms. The van der Waals surface area contributed by atoms with Crippen molar-refractivity contribution in [3.63, 3.8) is 0 Å². The van der Waals surface area contributed by atoms with Gasteiger partial charge in [-0.1, -0.05) is 40.6 Å². The number of aromatic nitrogens is 3. The van der Waals surface area contributed by atoms with Crippen LogP contribution in [0.15, 0.2) is 45.8 Å². The van der Waals surface area contributed by atoms with Gasteiger partial charge in [-0.15, -0.1) is 0 Å². The summed E-state index contributed by atoms with van der Waals surface area (Å²) in [5.74, 6) is 1.56. The van der Waals surface area contributed by atoms with Gasteiger partial charge < -0.3 is 13.9 Å². The summed E-state index contributed by atoms with van der Waals surface area (Å²) in [6.45, 7) is 4.90. The van der Waals surface area contributed by atoms with E-state index < -0.39 is 0 Å². The SMILES string of the molecule is Cc1noc(C)c1CC(=O)N1C[C@H](c2ccccc2)[C@@H](c2ncon2)C1. The van der Waals surface area contributed by atoms with Gasteiger partial charge in [0, 0.05) is 30.5 Å². The van der Waals surface area contributed by atoms with Crippen molar-refractivity contribution in [2.75, 3.05) is 13.1 Å². The number of hydrogen-bond donors (Lipinski definition) is 0. The highest BCUT2D eigenvalue weighted by molar-refractivity contribution is 5.79. The normalized spacial score (nSPS) is 19.8. The van der Waals surface area contributed by atoms with Crippen LogP contribution < -0.4 is 0 Å². The number of benzene rings is 1. The van der Waals surface area contributed by atoms with Crippen LogP contribution in [0, 0.1) is 13.8 Å². The Hall–Kier alpha value is -2.96. The molecule has 1 saturated heterocycles. The van der Waals surface area contributed by atoms with Crippen molar-refractivity contribution >= 4 is 5.91 Å². The van der Waals surface area contributed by atoms with E-state index in [1.165, 1.54) is 12.0 Å². The molecule has 1 aromatic carbocycles. The molecule has 3 heterocycles. The zero-order chi connectivity index (χ0) is 18.1. The van der Waals surface area contributed by atoms with Gasteiger partial charge in [0.05, 0.1) is 12.1 Å². The Balaban J connectivity index is 1.58. The molecule has 1 amide bonds. The van der Waals surface area contributed by atoms with Gasteiger partial charge in [-0.05, 0) is 19.4 Å². The highest BCUT2D eigenvalue weighted by atomic mass is 16.5. The lowest BCUT2D eigenvalue weighted by Crippen LogP contribution is -2.30. The minimum Gasteiger partial charge on any atom is -0.361 e. The molecule has 2 atom stereocenters. The van der Waals surface area contributed by atoms with E-state index >= 15 is 0 Å².